The summed E-state index contributed by atoms with van der Waals surface area (Å²) in [6.45, 7) is 3.93. The van der Waals surface area contributed by atoms with E-state index in [0.29, 0.717) is 6.42 Å². The number of carbonyl (C=O) groups is 2. The van der Waals surface area contributed by atoms with Crippen molar-refractivity contribution in [1.82, 2.24) is 10.6 Å². The second-order valence-electron chi connectivity index (χ2n) is 6.04. The third kappa shape index (κ3) is 3.76. The molecule has 0 fully saturated rings. The van der Waals surface area contributed by atoms with Gasteiger partial charge in [-0.05, 0) is 48.9 Å². The van der Waals surface area contributed by atoms with Gasteiger partial charge in [0.2, 0.25) is 5.91 Å². The van der Waals surface area contributed by atoms with E-state index in [0.717, 1.165) is 28.1 Å². The van der Waals surface area contributed by atoms with Crippen LogP contribution in [0.5, 0.6) is 0 Å². The molecule has 2 heterocycles. The van der Waals surface area contributed by atoms with Crippen LogP contribution < -0.4 is 16.0 Å². The number of rotatable bonds is 4. The van der Waals surface area contributed by atoms with E-state index in [-0.39, 0.29) is 24.0 Å². The molecule has 1 aliphatic heterocycles. The average Bonchev–Trinajstić information content (AvgIpc) is 3.08. The van der Waals surface area contributed by atoms with E-state index < -0.39 is 0 Å². The summed E-state index contributed by atoms with van der Waals surface area (Å²) in [6.07, 6.45) is 1.25. The molecule has 1 aromatic heterocycles. The van der Waals surface area contributed by atoms with Crippen LogP contribution in [0, 0.1) is 0 Å². The van der Waals surface area contributed by atoms with Gasteiger partial charge in [0.05, 0.1) is 12.1 Å². The molecule has 5 nitrogen and oxygen atoms in total. The van der Waals surface area contributed by atoms with Crippen molar-refractivity contribution in [1.29, 1.82) is 0 Å². The Balaban J connectivity index is 1.61. The molecule has 0 saturated carbocycles. The van der Waals surface area contributed by atoms with Gasteiger partial charge in [0.1, 0.15) is 0 Å². The van der Waals surface area contributed by atoms with Crippen molar-refractivity contribution in [3.8, 4) is 0 Å². The van der Waals surface area contributed by atoms with E-state index in [2.05, 4.69) is 22.0 Å². The van der Waals surface area contributed by atoms with Crippen molar-refractivity contribution in [3.63, 3.8) is 0 Å². The minimum absolute atomic E-state index is 0.0176. The molecule has 0 saturated heterocycles. The molecule has 24 heavy (non-hydrogen) atoms. The Kier molecular flexibility index (Phi) is 4.85. The molecule has 2 atom stereocenters. The van der Waals surface area contributed by atoms with Crippen LogP contribution in [0.1, 0.15) is 48.4 Å². The van der Waals surface area contributed by atoms with Crippen LogP contribution in [0.4, 0.5) is 10.5 Å². The minimum Gasteiger partial charge on any atom is -0.332 e. The third-order valence-corrected chi connectivity index (χ3v) is 5.24. The fourth-order valence-corrected chi connectivity index (χ4v) is 3.53. The monoisotopic (exact) mass is 343 g/mol. The summed E-state index contributed by atoms with van der Waals surface area (Å²) >= 11 is 1.63. The zero-order valence-corrected chi connectivity index (χ0v) is 14.6. The summed E-state index contributed by atoms with van der Waals surface area (Å²) in [4.78, 5) is 24.7. The van der Waals surface area contributed by atoms with E-state index in [1.165, 1.54) is 0 Å². The van der Waals surface area contributed by atoms with Gasteiger partial charge in [-0.2, -0.15) is 0 Å². The average molecular weight is 343 g/mol. The van der Waals surface area contributed by atoms with Gasteiger partial charge in [0.25, 0.3) is 0 Å². The highest BCUT2D eigenvalue weighted by molar-refractivity contribution is 7.10. The van der Waals surface area contributed by atoms with Gasteiger partial charge < -0.3 is 16.0 Å². The fourth-order valence-electron chi connectivity index (χ4n) is 2.80. The molecule has 0 spiro atoms. The van der Waals surface area contributed by atoms with E-state index in [1.807, 2.05) is 43.5 Å². The number of hydrogen-bond acceptors (Lipinski definition) is 3. The number of amides is 3. The van der Waals surface area contributed by atoms with Crippen LogP contribution in [0.2, 0.25) is 0 Å². The maximum atomic E-state index is 12.2. The van der Waals surface area contributed by atoms with Gasteiger partial charge in [0.15, 0.2) is 0 Å². The maximum Gasteiger partial charge on any atom is 0.315 e. The van der Waals surface area contributed by atoms with Gasteiger partial charge in [-0.3, -0.25) is 4.79 Å². The molecule has 0 bridgehead atoms. The fraction of sp³-hybridized carbons (Fsp3) is 0.333. The summed E-state index contributed by atoms with van der Waals surface area (Å²) in [7, 11) is 0. The van der Waals surface area contributed by atoms with Crippen molar-refractivity contribution < 1.29 is 9.59 Å². The standard InChI is InChI=1S/C18H21N3O2S/c1-11(19-18(23)20-12(2)16-4-3-9-24-16)13-5-7-15-14(10-13)6-8-17(22)21-15/h3-5,7,9-12H,6,8H2,1-2H3,(H,21,22)(H2,19,20,23)/t11-,12+/m0/s1. The van der Waals surface area contributed by atoms with Crippen LogP contribution in [0.15, 0.2) is 35.7 Å². The summed E-state index contributed by atoms with van der Waals surface area (Å²) < 4.78 is 0. The lowest BCUT2D eigenvalue weighted by Gasteiger charge is -2.21. The second-order valence-corrected chi connectivity index (χ2v) is 7.02. The number of hydrogen-bond donors (Lipinski definition) is 3. The first-order valence-electron chi connectivity index (χ1n) is 8.06. The van der Waals surface area contributed by atoms with Crippen LogP contribution in [0.25, 0.3) is 0 Å². The molecule has 3 N–H and O–H groups in total. The predicted molar refractivity (Wildman–Crippen MR) is 96.2 cm³/mol. The quantitative estimate of drug-likeness (QED) is 0.791. The first-order chi connectivity index (χ1) is 11.5. The number of thiophene rings is 1. The Morgan fingerprint density at radius 2 is 1.96 bits per heavy atom. The molecular weight excluding hydrogens is 322 g/mol. The van der Waals surface area contributed by atoms with Crippen LogP contribution in [-0.2, 0) is 11.2 Å². The second kappa shape index (κ2) is 7.05. The summed E-state index contributed by atoms with van der Waals surface area (Å²) in [5.41, 5.74) is 3.02. The first-order valence-corrected chi connectivity index (χ1v) is 8.94. The third-order valence-electron chi connectivity index (χ3n) is 4.19. The Bertz CT molecular complexity index is 743. The number of benzene rings is 1. The maximum absolute atomic E-state index is 12.2. The molecule has 6 heteroatoms. The van der Waals surface area contributed by atoms with Gasteiger partial charge in [-0.25, -0.2) is 4.79 Å². The molecule has 0 radical (unpaired) electrons. The van der Waals surface area contributed by atoms with Gasteiger partial charge in [-0.15, -0.1) is 11.3 Å². The number of nitrogens with one attached hydrogen (secondary N) is 3. The van der Waals surface area contributed by atoms with Crippen molar-refractivity contribution in [2.24, 2.45) is 0 Å². The molecule has 126 valence electrons. The minimum atomic E-state index is -0.186. The highest BCUT2D eigenvalue weighted by atomic mass is 32.1. The van der Waals surface area contributed by atoms with Crippen molar-refractivity contribution >= 4 is 29.0 Å². The van der Waals surface area contributed by atoms with E-state index in [1.54, 1.807) is 11.3 Å². The smallest absolute Gasteiger partial charge is 0.315 e. The molecule has 1 aromatic carbocycles. The SMILES string of the molecule is C[C@H](NC(=O)N[C@H](C)c1cccs1)c1ccc2c(c1)CCC(=O)N2. The summed E-state index contributed by atoms with van der Waals surface area (Å²) in [6, 6.07) is 9.59. The molecule has 3 rings (SSSR count). The van der Waals surface area contributed by atoms with Crippen LogP contribution >= 0.6 is 11.3 Å². The van der Waals surface area contributed by atoms with Crippen molar-refractivity contribution in [3.05, 3.63) is 51.7 Å². The number of anilines is 1. The van der Waals surface area contributed by atoms with Crippen molar-refractivity contribution in [2.45, 2.75) is 38.8 Å². The highest BCUT2D eigenvalue weighted by Crippen LogP contribution is 2.26. The van der Waals surface area contributed by atoms with E-state index in [9.17, 15) is 9.59 Å². The lowest BCUT2D eigenvalue weighted by Crippen LogP contribution is -2.38. The summed E-state index contributed by atoms with van der Waals surface area (Å²) in [5, 5.41) is 10.8. The van der Waals surface area contributed by atoms with Gasteiger partial charge >= 0.3 is 6.03 Å². The highest BCUT2D eigenvalue weighted by Gasteiger charge is 2.18. The van der Waals surface area contributed by atoms with Crippen LogP contribution in [0.3, 0.4) is 0 Å². The molecule has 1 aliphatic rings. The summed E-state index contributed by atoms with van der Waals surface area (Å²) in [5.74, 6) is 0.0587. The zero-order valence-electron chi connectivity index (χ0n) is 13.8. The van der Waals surface area contributed by atoms with E-state index >= 15 is 0 Å². The molecule has 3 amide bonds. The molecule has 2 aromatic rings. The Morgan fingerprint density at radius 1 is 1.17 bits per heavy atom. The van der Waals surface area contributed by atoms with Crippen LogP contribution in [-0.4, -0.2) is 11.9 Å². The Morgan fingerprint density at radius 3 is 2.71 bits per heavy atom. The lowest BCUT2D eigenvalue weighted by atomic mass is 9.98. The molecular formula is C18H21N3O2S. The number of carbonyl (C=O) groups excluding carboxylic acids is 2. The number of urea groups is 1. The van der Waals surface area contributed by atoms with E-state index in [4.69, 9.17) is 0 Å². The Labute approximate surface area is 145 Å². The normalized spacial score (nSPS) is 15.8. The largest absolute Gasteiger partial charge is 0.332 e. The Hall–Kier alpha value is -2.34. The zero-order chi connectivity index (χ0) is 17.1. The number of aryl methyl sites for hydroxylation is 1. The number of fused-ring (bicyclic) bond motifs is 1. The predicted octanol–water partition coefficient (Wildman–Crippen LogP) is 3.75. The van der Waals surface area contributed by atoms with Crippen molar-refractivity contribution in [2.75, 3.05) is 5.32 Å². The molecule has 0 unspecified atom stereocenters. The van der Waals surface area contributed by atoms with Gasteiger partial charge in [-0.1, -0.05) is 18.2 Å². The lowest BCUT2D eigenvalue weighted by molar-refractivity contribution is -0.116. The topological polar surface area (TPSA) is 70.2 Å². The first kappa shape index (κ1) is 16.5. The van der Waals surface area contributed by atoms with Gasteiger partial charge in [0, 0.05) is 17.0 Å². The molecule has 0 aliphatic carbocycles.